The van der Waals surface area contributed by atoms with Crippen molar-refractivity contribution >= 4 is 5.91 Å². The molecule has 0 radical (unpaired) electrons. The molecule has 0 spiro atoms. The van der Waals surface area contributed by atoms with Gasteiger partial charge in [0.05, 0.1) is 12.1 Å². The van der Waals surface area contributed by atoms with E-state index in [0.717, 1.165) is 30.6 Å². The first kappa shape index (κ1) is 15.8. The zero-order valence-electron chi connectivity index (χ0n) is 13.1. The van der Waals surface area contributed by atoms with Gasteiger partial charge in [-0.3, -0.25) is 4.79 Å². The van der Waals surface area contributed by atoms with E-state index in [2.05, 4.69) is 12.2 Å². The number of nitrogens with one attached hydrogen (secondary N) is 1. The van der Waals surface area contributed by atoms with Gasteiger partial charge in [0.15, 0.2) is 0 Å². The molecule has 0 aliphatic carbocycles. The third-order valence-corrected chi connectivity index (χ3v) is 3.60. The highest BCUT2D eigenvalue weighted by Crippen LogP contribution is 2.28. The molecular formula is C17H25NO3. The highest BCUT2D eigenvalue weighted by Gasteiger charge is 2.26. The molecule has 1 aromatic rings. The summed E-state index contributed by atoms with van der Waals surface area (Å²) >= 11 is 0. The Hall–Kier alpha value is -1.55. The van der Waals surface area contributed by atoms with Crippen LogP contribution in [0.15, 0.2) is 24.3 Å². The first-order chi connectivity index (χ1) is 10.1. The van der Waals surface area contributed by atoms with Crippen molar-refractivity contribution in [1.82, 2.24) is 5.32 Å². The molecule has 1 N–H and O–H groups in total. The zero-order valence-corrected chi connectivity index (χ0v) is 13.1. The van der Waals surface area contributed by atoms with Crippen LogP contribution in [0.4, 0.5) is 0 Å². The van der Waals surface area contributed by atoms with Crippen molar-refractivity contribution in [2.24, 2.45) is 0 Å². The molecular weight excluding hydrogens is 266 g/mol. The number of hydrogen-bond acceptors (Lipinski definition) is 3. The minimum Gasteiger partial charge on any atom is -0.491 e. The average Bonchev–Trinajstić information content (AvgIpc) is 2.99. The number of amides is 1. The second-order valence-corrected chi connectivity index (χ2v) is 5.68. The minimum atomic E-state index is -0.294. The number of carbonyl (C=O) groups is 1. The highest BCUT2D eigenvalue weighted by molar-refractivity contribution is 5.81. The normalized spacial score (nSPS) is 19.5. The molecule has 0 unspecified atom stereocenters. The Balaban J connectivity index is 2.11. The van der Waals surface area contributed by atoms with Gasteiger partial charge in [0.25, 0.3) is 0 Å². The molecule has 1 aromatic carbocycles. The van der Waals surface area contributed by atoms with Crippen molar-refractivity contribution in [3.05, 3.63) is 29.8 Å². The van der Waals surface area contributed by atoms with Gasteiger partial charge in [-0.25, -0.2) is 0 Å². The molecule has 1 saturated heterocycles. The van der Waals surface area contributed by atoms with E-state index in [1.165, 1.54) is 0 Å². The lowest BCUT2D eigenvalue weighted by molar-refractivity contribution is -0.130. The fourth-order valence-electron chi connectivity index (χ4n) is 2.58. The molecule has 21 heavy (non-hydrogen) atoms. The molecule has 4 nitrogen and oxygen atoms in total. The van der Waals surface area contributed by atoms with Crippen LogP contribution in [0.25, 0.3) is 0 Å². The Morgan fingerprint density at radius 3 is 2.81 bits per heavy atom. The van der Waals surface area contributed by atoms with Crippen LogP contribution in [0, 0.1) is 0 Å². The number of hydrogen-bond donors (Lipinski definition) is 1. The van der Waals surface area contributed by atoms with Gasteiger partial charge in [0, 0.05) is 12.2 Å². The molecule has 116 valence electrons. The molecule has 2 atom stereocenters. The van der Waals surface area contributed by atoms with Gasteiger partial charge >= 0.3 is 0 Å². The fraction of sp³-hybridized carbons (Fsp3) is 0.588. The summed E-state index contributed by atoms with van der Waals surface area (Å²) in [7, 11) is 0. The van der Waals surface area contributed by atoms with Crippen molar-refractivity contribution in [3.63, 3.8) is 0 Å². The molecule has 1 heterocycles. The van der Waals surface area contributed by atoms with Crippen molar-refractivity contribution in [2.45, 2.75) is 58.3 Å². The second kappa shape index (κ2) is 7.46. The predicted octanol–water partition coefficient (Wildman–Crippen LogP) is 3.22. The number of para-hydroxylation sites is 1. The number of benzene rings is 1. The van der Waals surface area contributed by atoms with Gasteiger partial charge in [-0.15, -0.1) is 0 Å². The smallest absolute Gasteiger partial charge is 0.249 e. The lowest BCUT2D eigenvalue weighted by Crippen LogP contribution is -2.36. The quantitative estimate of drug-likeness (QED) is 0.875. The van der Waals surface area contributed by atoms with E-state index < -0.39 is 0 Å². The topological polar surface area (TPSA) is 47.6 Å². The summed E-state index contributed by atoms with van der Waals surface area (Å²) in [6, 6.07) is 7.86. The molecule has 4 heteroatoms. The van der Waals surface area contributed by atoms with E-state index >= 15 is 0 Å². The maximum atomic E-state index is 12.2. The van der Waals surface area contributed by atoms with Crippen LogP contribution in [0.3, 0.4) is 0 Å². The first-order valence-corrected chi connectivity index (χ1v) is 7.79. The molecule has 1 aliphatic rings. The maximum absolute atomic E-state index is 12.2. The third kappa shape index (κ3) is 4.21. The van der Waals surface area contributed by atoms with Gasteiger partial charge in [-0.2, -0.15) is 0 Å². The number of rotatable bonds is 6. The summed E-state index contributed by atoms with van der Waals surface area (Å²) < 4.78 is 11.3. The Bertz CT molecular complexity index is 467. The van der Waals surface area contributed by atoms with Crippen LogP contribution >= 0.6 is 0 Å². The van der Waals surface area contributed by atoms with Gasteiger partial charge in [0.1, 0.15) is 11.9 Å². The Morgan fingerprint density at radius 2 is 2.19 bits per heavy atom. The van der Waals surface area contributed by atoms with E-state index in [4.69, 9.17) is 9.47 Å². The van der Waals surface area contributed by atoms with E-state index in [1.807, 2.05) is 38.1 Å². The van der Waals surface area contributed by atoms with Gasteiger partial charge in [-0.05, 0) is 39.2 Å². The molecule has 1 aliphatic heterocycles. The largest absolute Gasteiger partial charge is 0.491 e. The van der Waals surface area contributed by atoms with Gasteiger partial charge < -0.3 is 14.8 Å². The Labute approximate surface area is 126 Å². The van der Waals surface area contributed by atoms with Gasteiger partial charge in [-0.1, -0.05) is 25.1 Å². The van der Waals surface area contributed by atoms with Crippen LogP contribution in [0.1, 0.15) is 51.6 Å². The van der Waals surface area contributed by atoms with E-state index in [0.29, 0.717) is 6.61 Å². The van der Waals surface area contributed by atoms with E-state index in [-0.39, 0.29) is 24.2 Å². The fourth-order valence-corrected chi connectivity index (χ4v) is 2.58. The molecule has 1 fully saturated rings. The SMILES string of the molecule is CC[C@H](NC(=O)[C@@H]1CCCO1)c1ccccc1OC(C)C. The molecule has 0 bridgehead atoms. The van der Waals surface area contributed by atoms with Crippen molar-refractivity contribution in [1.29, 1.82) is 0 Å². The second-order valence-electron chi connectivity index (χ2n) is 5.68. The summed E-state index contributed by atoms with van der Waals surface area (Å²) in [5, 5.41) is 3.09. The molecule has 2 rings (SSSR count). The van der Waals surface area contributed by atoms with Crippen LogP contribution < -0.4 is 10.1 Å². The number of ether oxygens (including phenoxy) is 2. The van der Waals surface area contributed by atoms with Crippen LogP contribution in [-0.2, 0) is 9.53 Å². The summed E-state index contributed by atoms with van der Waals surface area (Å²) in [6.07, 6.45) is 2.40. The van der Waals surface area contributed by atoms with Crippen molar-refractivity contribution in [2.75, 3.05) is 6.61 Å². The molecule has 0 aromatic heterocycles. The lowest BCUT2D eigenvalue weighted by Gasteiger charge is -2.23. The van der Waals surface area contributed by atoms with Crippen LogP contribution in [0.5, 0.6) is 5.75 Å². The number of carbonyl (C=O) groups excluding carboxylic acids is 1. The van der Waals surface area contributed by atoms with E-state index in [9.17, 15) is 4.79 Å². The standard InChI is InChI=1S/C17H25NO3/c1-4-14(18-17(19)16-10-7-11-20-16)13-8-5-6-9-15(13)21-12(2)3/h5-6,8-9,12,14,16H,4,7,10-11H2,1-3H3,(H,18,19)/t14-,16-/m0/s1. The van der Waals surface area contributed by atoms with Crippen molar-refractivity contribution < 1.29 is 14.3 Å². The van der Waals surface area contributed by atoms with Crippen molar-refractivity contribution in [3.8, 4) is 5.75 Å². The summed E-state index contributed by atoms with van der Waals surface area (Å²) in [6.45, 7) is 6.75. The summed E-state index contributed by atoms with van der Waals surface area (Å²) in [4.78, 5) is 12.2. The Morgan fingerprint density at radius 1 is 1.43 bits per heavy atom. The summed E-state index contributed by atoms with van der Waals surface area (Å²) in [5.74, 6) is 0.825. The molecule has 0 saturated carbocycles. The first-order valence-electron chi connectivity index (χ1n) is 7.79. The summed E-state index contributed by atoms with van der Waals surface area (Å²) in [5.41, 5.74) is 1.03. The predicted molar refractivity (Wildman–Crippen MR) is 82.4 cm³/mol. The average molecular weight is 291 g/mol. The Kier molecular flexibility index (Phi) is 5.62. The van der Waals surface area contributed by atoms with Gasteiger partial charge in [0.2, 0.25) is 5.91 Å². The van der Waals surface area contributed by atoms with Crippen LogP contribution in [0.2, 0.25) is 0 Å². The zero-order chi connectivity index (χ0) is 15.2. The van der Waals surface area contributed by atoms with E-state index in [1.54, 1.807) is 0 Å². The van der Waals surface area contributed by atoms with Crippen LogP contribution in [-0.4, -0.2) is 24.7 Å². The monoisotopic (exact) mass is 291 g/mol. The third-order valence-electron chi connectivity index (χ3n) is 3.60. The lowest BCUT2D eigenvalue weighted by atomic mass is 10.0. The minimum absolute atomic E-state index is 0.0151. The highest BCUT2D eigenvalue weighted by atomic mass is 16.5. The molecule has 1 amide bonds. The maximum Gasteiger partial charge on any atom is 0.249 e.